The minimum Gasteiger partial charge on any atom is -0.348 e. The summed E-state index contributed by atoms with van der Waals surface area (Å²) in [6.07, 6.45) is 0. The second-order valence-corrected chi connectivity index (χ2v) is 4.58. The van der Waals surface area contributed by atoms with E-state index in [9.17, 15) is 9.18 Å². The van der Waals surface area contributed by atoms with Crippen molar-refractivity contribution in [2.24, 2.45) is 0 Å². The van der Waals surface area contributed by atoms with Gasteiger partial charge >= 0.3 is 0 Å². The summed E-state index contributed by atoms with van der Waals surface area (Å²) in [4.78, 5) is 16.7. The fraction of sp³-hybridized carbons (Fsp3) is 0.308. The van der Waals surface area contributed by atoms with Crippen LogP contribution >= 0.6 is 0 Å². The van der Waals surface area contributed by atoms with E-state index in [1.807, 2.05) is 7.05 Å². The summed E-state index contributed by atoms with van der Waals surface area (Å²) in [5, 5.41) is 3.84. The number of H-pyrrole nitrogens is 1. The van der Waals surface area contributed by atoms with Gasteiger partial charge in [0.15, 0.2) is 0 Å². The molecule has 0 unspecified atom stereocenters. The molecule has 0 bridgehead atoms. The van der Waals surface area contributed by atoms with Gasteiger partial charge in [-0.25, -0.2) is 4.39 Å². The normalized spacial score (nSPS) is 16.0. The van der Waals surface area contributed by atoms with Crippen LogP contribution in [0.5, 0.6) is 0 Å². The van der Waals surface area contributed by atoms with E-state index in [4.69, 9.17) is 0 Å². The van der Waals surface area contributed by atoms with E-state index < -0.39 is 0 Å². The summed E-state index contributed by atoms with van der Waals surface area (Å²) in [5.74, 6) is -0.402. The number of para-hydroxylation sites is 1. The minimum absolute atomic E-state index is 0.0721. The van der Waals surface area contributed by atoms with Gasteiger partial charge in [-0.05, 0) is 19.2 Å². The predicted octanol–water partition coefficient (Wildman–Crippen LogP) is 1.35. The molecule has 1 fully saturated rings. The number of nitrogens with zero attached hydrogens (tertiary/aromatic N) is 1. The molecule has 94 valence electrons. The molecule has 3 rings (SSSR count). The highest BCUT2D eigenvalue weighted by Crippen LogP contribution is 2.20. The van der Waals surface area contributed by atoms with Gasteiger partial charge in [-0.2, -0.15) is 0 Å². The summed E-state index contributed by atoms with van der Waals surface area (Å²) in [6, 6.07) is 6.88. The number of amides is 1. The quantitative estimate of drug-likeness (QED) is 0.841. The molecule has 0 radical (unpaired) electrons. The van der Waals surface area contributed by atoms with E-state index in [2.05, 4.69) is 10.3 Å². The van der Waals surface area contributed by atoms with Crippen molar-refractivity contribution < 1.29 is 9.18 Å². The number of aromatic nitrogens is 1. The number of rotatable bonds is 2. The molecule has 4 nitrogen and oxygen atoms in total. The summed E-state index contributed by atoms with van der Waals surface area (Å²) < 4.78 is 13.5. The second kappa shape index (κ2) is 4.10. The lowest BCUT2D eigenvalue weighted by atomic mass is 10.1. The fourth-order valence-electron chi connectivity index (χ4n) is 2.23. The first-order valence-corrected chi connectivity index (χ1v) is 5.93. The van der Waals surface area contributed by atoms with Crippen LogP contribution in [-0.4, -0.2) is 42.0 Å². The Morgan fingerprint density at radius 2 is 2.28 bits per heavy atom. The third-order valence-corrected chi connectivity index (χ3v) is 3.41. The highest BCUT2D eigenvalue weighted by molar-refractivity contribution is 5.98. The number of hydrogen-bond donors (Lipinski definition) is 2. The van der Waals surface area contributed by atoms with E-state index in [1.54, 1.807) is 23.1 Å². The maximum Gasteiger partial charge on any atom is 0.270 e. The molecule has 1 aliphatic heterocycles. The standard InChI is InChI=1S/C13H14FN3O/c1-15-9-6-17(7-9)13(18)11-5-8-3-2-4-10(14)12(8)16-11/h2-5,9,15-16H,6-7H2,1H3. The van der Waals surface area contributed by atoms with Crippen molar-refractivity contribution in [3.63, 3.8) is 0 Å². The number of nitrogens with one attached hydrogen (secondary N) is 2. The summed E-state index contributed by atoms with van der Waals surface area (Å²) in [5.41, 5.74) is 0.844. The predicted molar refractivity (Wildman–Crippen MR) is 67.0 cm³/mol. The molecule has 0 saturated carbocycles. The Balaban J connectivity index is 1.87. The van der Waals surface area contributed by atoms with Crippen molar-refractivity contribution in [2.75, 3.05) is 20.1 Å². The number of carbonyl (C=O) groups is 1. The highest BCUT2D eigenvalue weighted by Gasteiger charge is 2.30. The summed E-state index contributed by atoms with van der Waals surface area (Å²) in [6.45, 7) is 1.40. The zero-order chi connectivity index (χ0) is 12.7. The molecule has 5 heteroatoms. The number of likely N-dealkylation sites (tertiary alicyclic amines) is 1. The van der Waals surface area contributed by atoms with Gasteiger partial charge in [0.2, 0.25) is 0 Å². The Morgan fingerprint density at radius 1 is 1.50 bits per heavy atom. The van der Waals surface area contributed by atoms with Crippen LogP contribution in [0.15, 0.2) is 24.3 Å². The van der Waals surface area contributed by atoms with Crippen LogP contribution in [0.4, 0.5) is 4.39 Å². The molecule has 1 aliphatic rings. The van der Waals surface area contributed by atoms with Crippen molar-refractivity contribution in [3.05, 3.63) is 35.8 Å². The minimum atomic E-state index is -0.330. The number of benzene rings is 1. The molecular formula is C13H14FN3O. The first-order valence-electron chi connectivity index (χ1n) is 5.93. The smallest absolute Gasteiger partial charge is 0.270 e. The average molecular weight is 247 g/mol. The second-order valence-electron chi connectivity index (χ2n) is 4.58. The van der Waals surface area contributed by atoms with Gasteiger partial charge in [-0.15, -0.1) is 0 Å². The van der Waals surface area contributed by atoms with Gasteiger partial charge in [0.05, 0.1) is 5.52 Å². The van der Waals surface area contributed by atoms with Gasteiger partial charge in [0.1, 0.15) is 11.5 Å². The lowest BCUT2D eigenvalue weighted by molar-refractivity contribution is 0.0572. The molecular weight excluding hydrogens is 233 g/mol. The molecule has 2 aromatic rings. The molecule has 0 spiro atoms. The van der Waals surface area contributed by atoms with Crippen LogP contribution in [-0.2, 0) is 0 Å². The Kier molecular flexibility index (Phi) is 2.56. The molecule has 2 N–H and O–H groups in total. The molecule has 1 aromatic heterocycles. The van der Waals surface area contributed by atoms with E-state index in [-0.39, 0.29) is 11.7 Å². The summed E-state index contributed by atoms with van der Waals surface area (Å²) >= 11 is 0. The number of likely N-dealkylation sites (N-methyl/N-ethyl adjacent to an activating group) is 1. The number of aromatic amines is 1. The zero-order valence-electron chi connectivity index (χ0n) is 10.0. The molecule has 0 aliphatic carbocycles. The largest absolute Gasteiger partial charge is 0.348 e. The van der Waals surface area contributed by atoms with E-state index >= 15 is 0 Å². The van der Waals surface area contributed by atoms with Crippen molar-refractivity contribution in [2.45, 2.75) is 6.04 Å². The van der Waals surface area contributed by atoms with Crippen LogP contribution in [0.25, 0.3) is 10.9 Å². The van der Waals surface area contributed by atoms with Gasteiger partial charge in [-0.1, -0.05) is 12.1 Å². The molecule has 1 saturated heterocycles. The van der Waals surface area contributed by atoms with Crippen molar-refractivity contribution >= 4 is 16.8 Å². The average Bonchev–Trinajstić information content (AvgIpc) is 2.73. The Morgan fingerprint density at radius 3 is 2.94 bits per heavy atom. The first-order chi connectivity index (χ1) is 8.69. The molecule has 2 heterocycles. The number of halogens is 1. The van der Waals surface area contributed by atoms with Crippen LogP contribution in [0.1, 0.15) is 10.5 Å². The van der Waals surface area contributed by atoms with Gasteiger partial charge in [0, 0.05) is 24.5 Å². The number of carbonyl (C=O) groups excluding carboxylic acids is 1. The Labute approximate surface area is 104 Å². The number of fused-ring (bicyclic) bond motifs is 1. The lowest BCUT2D eigenvalue weighted by Crippen LogP contribution is -2.58. The highest BCUT2D eigenvalue weighted by atomic mass is 19.1. The first kappa shape index (κ1) is 11.2. The van der Waals surface area contributed by atoms with Crippen molar-refractivity contribution in [1.29, 1.82) is 0 Å². The number of hydrogen-bond acceptors (Lipinski definition) is 2. The van der Waals surface area contributed by atoms with Crippen molar-refractivity contribution in [3.8, 4) is 0 Å². The maximum absolute atomic E-state index is 13.5. The van der Waals surface area contributed by atoms with Crippen LogP contribution in [0.2, 0.25) is 0 Å². The van der Waals surface area contributed by atoms with Crippen LogP contribution in [0.3, 0.4) is 0 Å². The Bertz CT molecular complexity index is 601. The van der Waals surface area contributed by atoms with Gasteiger partial charge in [-0.3, -0.25) is 4.79 Å². The molecule has 18 heavy (non-hydrogen) atoms. The van der Waals surface area contributed by atoms with Crippen LogP contribution < -0.4 is 5.32 Å². The van der Waals surface area contributed by atoms with Crippen LogP contribution in [0, 0.1) is 5.82 Å². The van der Waals surface area contributed by atoms with E-state index in [1.165, 1.54) is 6.07 Å². The SMILES string of the molecule is CNC1CN(C(=O)c2cc3cccc(F)c3[nH]2)C1. The Hall–Kier alpha value is -1.88. The fourth-order valence-corrected chi connectivity index (χ4v) is 2.23. The maximum atomic E-state index is 13.5. The van der Waals surface area contributed by atoms with Gasteiger partial charge in [0.25, 0.3) is 5.91 Å². The third kappa shape index (κ3) is 1.67. The third-order valence-electron chi connectivity index (χ3n) is 3.41. The van der Waals surface area contributed by atoms with E-state index in [0.29, 0.717) is 30.3 Å². The van der Waals surface area contributed by atoms with Crippen molar-refractivity contribution in [1.82, 2.24) is 15.2 Å². The molecule has 0 atom stereocenters. The monoisotopic (exact) mass is 247 g/mol. The molecule has 1 amide bonds. The lowest BCUT2D eigenvalue weighted by Gasteiger charge is -2.38. The molecule has 1 aromatic carbocycles. The van der Waals surface area contributed by atoms with Gasteiger partial charge < -0.3 is 15.2 Å². The topological polar surface area (TPSA) is 48.1 Å². The van der Waals surface area contributed by atoms with E-state index in [0.717, 1.165) is 5.39 Å². The zero-order valence-corrected chi connectivity index (χ0v) is 10.0. The summed E-state index contributed by atoms with van der Waals surface area (Å²) in [7, 11) is 1.88.